The summed E-state index contributed by atoms with van der Waals surface area (Å²) in [7, 11) is 0. The van der Waals surface area contributed by atoms with Crippen LogP contribution in [0.2, 0.25) is 0 Å². The van der Waals surface area contributed by atoms with E-state index in [1.54, 1.807) is 37.5 Å². The Hall–Kier alpha value is -2.76. The van der Waals surface area contributed by atoms with E-state index in [0.717, 1.165) is 5.56 Å². The second kappa shape index (κ2) is 5.92. The predicted molar refractivity (Wildman–Crippen MR) is 72.3 cm³/mol. The Balaban J connectivity index is 2.52. The van der Waals surface area contributed by atoms with E-state index in [4.69, 9.17) is 4.74 Å². The minimum atomic E-state index is -0.577. The first-order valence-electron chi connectivity index (χ1n) is 5.99. The van der Waals surface area contributed by atoms with Crippen LogP contribution in [0.25, 0.3) is 11.1 Å². The SMILES string of the molecule is CCOC(=O)c1cc(-c2ccncc2)cc([N+](=O)[O-])c1. The number of non-ortho nitro benzene ring substituents is 1. The van der Waals surface area contributed by atoms with Crippen LogP contribution in [0, 0.1) is 10.1 Å². The van der Waals surface area contributed by atoms with Gasteiger partial charge in [-0.25, -0.2) is 4.79 Å². The van der Waals surface area contributed by atoms with Crippen molar-refractivity contribution < 1.29 is 14.5 Å². The molecule has 1 aromatic carbocycles. The first-order valence-corrected chi connectivity index (χ1v) is 5.99. The number of nitrogens with zero attached hydrogens (tertiary/aromatic N) is 2. The maximum Gasteiger partial charge on any atom is 0.338 e. The van der Waals surface area contributed by atoms with E-state index in [1.807, 2.05) is 0 Å². The Bertz CT molecular complexity index is 641. The third kappa shape index (κ3) is 2.97. The minimum absolute atomic E-state index is 0.151. The fraction of sp³-hybridized carbons (Fsp3) is 0.143. The molecule has 0 saturated carbocycles. The highest BCUT2D eigenvalue weighted by Gasteiger charge is 2.16. The van der Waals surface area contributed by atoms with Crippen molar-refractivity contribution in [2.24, 2.45) is 0 Å². The van der Waals surface area contributed by atoms with Crippen LogP contribution in [-0.4, -0.2) is 22.5 Å². The van der Waals surface area contributed by atoms with Crippen molar-refractivity contribution in [3.63, 3.8) is 0 Å². The van der Waals surface area contributed by atoms with Crippen molar-refractivity contribution in [1.82, 2.24) is 4.98 Å². The second-order valence-electron chi connectivity index (χ2n) is 3.98. The number of pyridine rings is 1. The lowest BCUT2D eigenvalue weighted by molar-refractivity contribution is -0.384. The van der Waals surface area contributed by atoms with Gasteiger partial charge in [-0.1, -0.05) is 0 Å². The number of nitro benzene ring substituents is 1. The quantitative estimate of drug-likeness (QED) is 0.485. The summed E-state index contributed by atoms with van der Waals surface area (Å²) < 4.78 is 4.88. The molecule has 0 spiro atoms. The summed E-state index contributed by atoms with van der Waals surface area (Å²) in [6, 6.07) is 7.63. The van der Waals surface area contributed by atoms with Crippen LogP contribution in [0.5, 0.6) is 0 Å². The van der Waals surface area contributed by atoms with Gasteiger partial charge in [0.15, 0.2) is 0 Å². The van der Waals surface area contributed by atoms with Crippen LogP contribution in [0.15, 0.2) is 42.7 Å². The third-order valence-electron chi connectivity index (χ3n) is 2.65. The van der Waals surface area contributed by atoms with E-state index in [9.17, 15) is 14.9 Å². The van der Waals surface area contributed by atoms with Crippen molar-refractivity contribution in [2.75, 3.05) is 6.61 Å². The Morgan fingerprint density at radius 3 is 2.55 bits per heavy atom. The van der Waals surface area contributed by atoms with Crippen molar-refractivity contribution in [1.29, 1.82) is 0 Å². The number of ether oxygens (including phenoxy) is 1. The van der Waals surface area contributed by atoms with Gasteiger partial charge in [0.2, 0.25) is 0 Å². The highest BCUT2D eigenvalue weighted by atomic mass is 16.6. The number of hydrogen-bond donors (Lipinski definition) is 0. The fourth-order valence-corrected chi connectivity index (χ4v) is 1.76. The minimum Gasteiger partial charge on any atom is -0.462 e. The molecular formula is C14H12N2O4. The summed E-state index contributed by atoms with van der Waals surface area (Å²) in [5, 5.41) is 11.0. The van der Waals surface area contributed by atoms with Gasteiger partial charge in [-0.2, -0.15) is 0 Å². The van der Waals surface area contributed by atoms with Crippen molar-refractivity contribution >= 4 is 11.7 Å². The summed E-state index contributed by atoms with van der Waals surface area (Å²) in [5.74, 6) is -0.577. The van der Waals surface area contributed by atoms with Crippen molar-refractivity contribution in [3.05, 3.63) is 58.4 Å². The Kier molecular flexibility index (Phi) is 4.05. The molecule has 0 aliphatic carbocycles. The highest BCUT2D eigenvalue weighted by molar-refractivity contribution is 5.92. The zero-order valence-corrected chi connectivity index (χ0v) is 10.8. The lowest BCUT2D eigenvalue weighted by Gasteiger charge is -2.06. The Morgan fingerprint density at radius 2 is 1.95 bits per heavy atom. The molecule has 6 heteroatoms. The molecule has 0 saturated heterocycles. The summed E-state index contributed by atoms with van der Waals surface area (Å²) >= 11 is 0. The summed E-state index contributed by atoms with van der Waals surface area (Å²) in [4.78, 5) is 26.1. The van der Waals surface area contributed by atoms with Gasteiger partial charge in [0, 0.05) is 24.5 Å². The van der Waals surface area contributed by atoms with Crippen LogP contribution < -0.4 is 0 Å². The summed E-state index contributed by atoms with van der Waals surface area (Å²) in [6.45, 7) is 1.89. The van der Waals surface area contributed by atoms with Gasteiger partial charge in [0.1, 0.15) is 0 Å². The molecule has 0 unspecified atom stereocenters. The van der Waals surface area contributed by atoms with E-state index < -0.39 is 10.9 Å². The van der Waals surface area contributed by atoms with Gasteiger partial charge in [-0.3, -0.25) is 15.1 Å². The topological polar surface area (TPSA) is 82.3 Å². The second-order valence-corrected chi connectivity index (χ2v) is 3.98. The first kappa shape index (κ1) is 13.7. The van der Waals surface area contributed by atoms with E-state index in [2.05, 4.69) is 4.98 Å². The van der Waals surface area contributed by atoms with Gasteiger partial charge in [-0.15, -0.1) is 0 Å². The molecule has 0 aliphatic heterocycles. The Morgan fingerprint density at radius 1 is 1.25 bits per heavy atom. The molecule has 0 aliphatic rings. The molecule has 102 valence electrons. The zero-order chi connectivity index (χ0) is 14.5. The van der Waals surface area contributed by atoms with Gasteiger partial charge < -0.3 is 4.74 Å². The fourth-order valence-electron chi connectivity index (χ4n) is 1.76. The summed E-state index contributed by atoms with van der Waals surface area (Å²) in [5.41, 5.74) is 1.33. The number of esters is 1. The predicted octanol–water partition coefficient (Wildman–Crippen LogP) is 2.83. The first-order chi connectivity index (χ1) is 9.61. The van der Waals surface area contributed by atoms with E-state index in [1.165, 1.54) is 12.1 Å². The lowest BCUT2D eigenvalue weighted by atomic mass is 10.0. The molecular weight excluding hydrogens is 260 g/mol. The average Bonchev–Trinajstić information content (AvgIpc) is 2.48. The molecule has 0 fully saturated rings. The third-order valence-corrected chi connectivity index (χ3v) is 2.65. The van der Waals surface area contributed by atoms with Crippen LogP contribution in [0.4, 0.5) is 5.69 Å². The van der Waals surface area contributed by atoms with Gasteiger partial charge in [0.05, 0.1) is 17.1 Å². The largest absolute Gasteiger partial charge is 0.462 e. The molecule has 0 atom stereocenters. The standard InChI is InChI=1S/C14H12N2O4/c1-2-20-14(17)12-7-11(8-13(9-12)16(18)19)10-3-5-15-6-4-10/h3-9H,2H2,1H3. The van der Waals surface area contributed by atoms with Crippen molar-refractivity contribution in [3.8, 4) is 11.1 Å². The lowest BCUT2D eigenvalue weighted by Crippen LogP contribution is -2.05. The normalized spacial score (nSPS) is 10.1. The molecule has 20 heavy (non-hydrogen) atoms. The van der Waals surface area contributed by atoms with Gasteiger partial charge in [-0.05, 0) is 36.2 Å². The highest BCUT2D eigenvalue weighted by Crippen LogP contribution is 2.26. The number of nitro groups is 1. The molecule has 2 aromatic rings. The molecule has 1 heterocycles. The number of benzene rings is 1. The monoisotopic (exact) mass is 272 g/mol. The molecule has 0 radical (unpaired) electrons. The number of rotatable bonds is 4. The van der Waals surface area contributed by atoms with E-state index in [-0.39, 0.29) is 17.9 Å². The smallest absolute Gasteiger partial charge is 0.338 e. The molecule has 6 nitrogen and oxygen atoms in total. The number of aromatic nitrogens is 1. The van der Waals surface area contributed by atoms with Crippen LogP contribution in [0.3, 0.4) is 0 Å². The van der Waals surface area contributed by atoms with Crippen LogP contribution in [0.1, 0.15) is 17.3 Å². The number of hydrogen-bond acceptors (Lipinski definition) is 5. The van der Waals surface area contributed by atoms with E-state index >= 15 is 0 Å². The maximum absolute atomic E-state index is 11.7. The van der Waals surface area contributed by atoms with E-state index in [0.29, 0.717) is 5.56 Å². The summed E-state index contributed by atoms with van der Waals surface area (Å²) in [6.07, 6.45) is 3.16. The zero-order valence-electron chi connectivity index (χ0n) is 10.8. The van der Waals surface area contributed by atoms with Crippen molar-refractivity contribution in [2.45, 2.75) is 6.92 Å². The van der Waals surface area contributed by atoms with Gasteiger partial charge in [0.25, 0.3) is 5.69 Å². The van der Waals surface area contributed by atoms with Crippen LogP contribution >= 0.6 is 0 Å². The molecule has 2 rings (SSSR count). The number of carbonyl (C=O) groups excluding carboxylic acids is 1. The molecule has 0 bridgehead atoms. The van der Waals surface area contributed by atoms with Gasteiger partial charge >= 0.3 is 5.97 Å². The average molecular weight is 272 g/mol. The molecule has 0 amide bonds. The van der Waals surface area contributed by atoms with Crippen LogP contribution in [-0.2, 0) is 4.74 Å². The Labute approximate surface area is 115 Å². The maximum atomic E-state index is 11.7. The molecule has 0 N–H and O–H groups in total. The molecule has 1 aromatic heterocycles. The number of carbonyl (C=O) groups is 1.